The zero-order chi connectivity index (χ0) is 14.5. The number of methoxy groups -OCH3 is 2. The first kappa shape index (κ1) is 14.4. The van der Waals surface area contributed by atoms with Gasteiger partial charge in [-0.15, -0.1) is 0 Å². The van der Waals surface area contributed by atoms with Gasteiger partial charge in [0.05, 0.1) is 19.2 Å². The Morgan fingerprint density at radius 1 is 1.00 bits per heavy atom. The van der Waals surface area contributed by atoms with Crippen LogP contribution in [0.5, 0.6) is 11.5 Å². The Morgan fingerprint density at radius 2 is 1.65 bits per heavy atom. The van der Waals surface area contributed by atoms with Crippen molar-refractivity contribution in [2.45, 2.75) is 0 Å². The minimum atomic E-state index is -0.358. The number of halogens is 2. The van der Waals surface area contributed by atoms with Crippen LogP contribution < -0.4 is 9.47 Å². The summed E-state index contributed by atoms with van der Waals surface area (Å²) in [6, 6.07) is 10.0. The van der Waals surface area contributed by atoms with E-state index in [9.17, 15) is 4.39 Å². The molecule has 4 heteroatoms. The molecular weight excluding hydrogens is 279 g/mol. The van der Waals surface area contributed by atoms with E-state index in [2.05, 4.69) is 0 Å². The summed E-state index contributed by atoms with van der Waals surface area (Å²) in [5, 5.41) is 0.371. The average molecular weight is 293 g/mol. The molecule has 0 bridgehead atoms. The second-order valence-electron chi connectivity index (χ2n) is 4.11. The van der Waals surface area contributed by atoms with Crippen molar-refractivity contribution in [3.63, 3.8) is 0 Å². The van der Waals surface area contributed by atoms with Gasteiger partial charge in [0.1, 0.15) is 17.3 Å². The van der Waals surface area contributed by atoms with Crippen LogP contribution in [0.25, 0.3) is 12.2 Å². The summed E-state index contributed by atoms with van der Waals surface area (Å²) in [5.74, 6) is 0.982. The van der Waals surface area contributed by atoms with Gasteiger partial charge < -0.3 is 9.47 Å². The van der Waals surface area contributed by atoms with Crippen LogP contribution in [0, 0.1) is 5.82 Å². The van der Waals surface area contributed by atoms with Gasteiger partial charge >= 0.3 is 0 Å². The molecule has 0 aromatic heterocycles. The molecule has 0 amide bonds. The van der Waals surface area contributed by atoms with Gasteiger partial charge in [0, 0.05) is 11.6 Å². The number of rotatable bonds is 4. The molecule has 0 radical (unpaired) electrons. The van der Waals surface area contributed by atoms with E-state index >= 15 is 0 Å². The molecule has 0 fully saturated rings. The summed E-state index contributed by atoms with van der Waals surface area (Å²) in [7, 11) is 3.16. The molecule has 0 atom stereocenters. The number of hydrogen-bond donors (Lipinski definition) is 0. The molecule has 0 spiro atoms. The Bertz CT molecular complexity index is 596. The highest BCUT2D eigenvalue weighted by Crippen LogP contribution is 2.25. The third-order valence-electron chi connectivity index (χ3n) is 2.82. The zero-order valence-corrected chi connectivity index (χ0v) is 11.9. The van der Waals surface area contributed by atoms with Crippen LogP contribution in [-0.4, -0.2) is 14.2 Å². The minimum Gasteiger partial charge on any atom is -0.497 e. The normalized spacial score (nSPS) is 10.8. The van der Waals surface area contributed by atoms with Crippen molar-refractivity contribution in [3.05, 3.63) is 58.4 Å². The van der Waals surface area contributed by atoms with Crippen molar-refractivity contribution >= 4 is 23.8 Å². The second-order valence-corrected chi connectivity index (χ2v) is 4.52. The maximum Gasteiger partial charge on any atom is 0.131 e. The van der Waals surface area contributed by atoms with Crippen LogP contribution in [0.3, 0.4) is 0 Å². The average Bonchev–Trinajstić information content (AvgIpc) is 2.46. The van der Waals surface area contributed by atoms with E-state index in [1.165, 1.54) is 6.07 Å². The van der Waals surface area contributed by atoms with Crippen molar-refractivity contribution in [2.75, 3.05) is 14.2 Å². The fraction of sp³-hybridized carbons (Fsp3) is 0.125. The van der Waals surface area contributed by atoms with E-state index < -0.39 is 0 Å². The minimum absolute atomic E-state index is 0.357. The molecule has 104 valence electrons. The first-order valence-electron chi connectivity index (χ1n) is 5.99. The van der Waals surface area contributed by atoms with Crippen molar-refractivity contribution in [2.24, 2.45) is 0 Å². The predicted octanol–water partition coefficient (Wildman–Crippen LogP) is 4.67. The largest absolute Gasteiger partial charge is 0.497 e. The lowest BCUT2D eigenvalue weighted by molar-refractivity contribution is 0.394. The van der Waals surface area contributed by atoms with Gasteiger partial charge in [-0.1, -0.05) is 23.7 Å². The monoisotopic (exact) mass is 292 g/mol. The van der Waals surface area contributed by atoms with Gasteiger partial charge in [-0.2, -0.15) is 0 Å². The van der Waals surface area contributed by atoms with Gasteiger partial charge in [0.25, 0.3) is 0 Å². The third-order valence-corrected chi connectivity index (χ3v) is 3.15. The molecular formula is C16H14ClFO2. The topological polar surface area (TPSA) is 18.5 Å². The second kappa shape index (κ2) is 6.44. The fourth-order valence-corrected chi connectivity index (χ4v) is 2.00. The summed E-state index contributed by atoms with van der Waals surface area (Å²) in [6.07, 6.45) is 3.39. The van der Waals surface area contributed by atoms with Crippen molar-refractivity contribution < 1.29 is 13.9 Å². The first-order chi connectivity index (χ1) is 9.63. The lowest BCUT2D eigenvalue weighted by Gasteiger charge is -2.06. The van der Waals surface area contributed by atoms with E-state index in [1.807, 2.05) is 12.1 Å². The van der Waals surface area contributed by atoms with Crippen molar-refractivity contribution in [1.82, 2.24) is 0 Å². The van der Waals surface area contributed by atoms with Gasteiger partial charge in [-0.3, -0.25) is 0 Å². The molecule has 20 heavy (non-hydrogen) atoms. The Kier molecular flexibility index (Phi) is 4.64. The predicted molar refractivity (Wildman–Crippen MR) is 79.9 cm³/mol. The summed E-state index contributed by atoms with van der Waals surface area (Å²) >= 11 is 5.97. The standard InChI is InChI=1S/C16H14ClFO2/c1-19-12-8-11(9-13(10-12)20-2)6-7-14-15(17)4-3-5-16(14)18/h3-10H,1-2H3/b7-6+. The Hall–Kier alpha value is -2.00. The van der Waals surface area contributed by atoms with Gasteiger partial charge in [0.15, 0.2) is 0 Å². The molecule has 0 saturated carbocycles. The van der Waals surface area contributed by atoms with Crippen molar-refractivity contribution in [3.8, 4) is 11.5 Å². The summed E-state index contributed by atoms with van der Waals surface area (Å²) in [4.78, 5) is 0. The Morgan fingerprint density at radius 3 is 2.20 bits per heavy atom. The smallest absolute Gasteiger partial charge is 0.131 e. The van der Waals surface area contributed by atoms with E-state index in [4.69, 9.17) is 21.1 Å². The molecule has 2 aromatic rings. The van der Waals surface area contributed by atoms with Gasteiger partial charge in [-0.25, -0.2) is 4.39 Å². The first-order valence-corrected chi connectivity index (χ1v) is 6.37. The molecule has 0 N–H and O–H groups in total. The number of hydrogen-bond acceptors (Lipinski definition) is 2. The number of benzene rings is 2. The van der Waals surface area contributed by atoms with Crippen LogP contribution in [0.4, 0.5) is 4.39 Å². The zero-order valence-electron chi connectivity index (χ0n) is 11.2. The van der Waals surface area contributed by atoms with Crippen molar-refractivity contribution in [1.29, 1.82) is 0 Å². The van der Waals surface area contributed by atoms with Crippen LogP contribution in [-0.2, 0) is 0 Å². The van der Waals surface area contributed by atoms with Gasteiger partial charge in [-0.05, 0) is 35.9 Å². The number of ether oxygens (including phenoxy) is 2. The molecule has 2 nitrogen and oxygen atoms in total. The molecule has 0 unspecified atom stereocenters. The summed E-state index contributed by atoms with van der Waals surface area (Å²) < 4.78 is 24.0. The Balaban J connectivity index is 2.36. The Labute approximate surface area is 122 Å². The molecule has 2 aromatic carbocycles. The highest BCUT2D eigenvalue weighted by Gasteiger charge is 2.04. The summed E-state index contributed by atoms with van der Waals surface area (Å²) in [5.41, 5.74) is 1.19. The van der Waals surface area contributed by atoms with E-state index in [0.29, 0.717) is 22.1 Å². The SMILES string of the molecule is COc1cc(/C=C/c2c(F)cccc2Cl)cc(OC)c1. The fourth-order valence-electron chi connectivity index (χ4n) is 1.78. The van der Waals surface area contributed by atoms with Crippen LogP contribution in [0.15, 0.2) is 36.4 Å². The maximum absolute atomic E-state index is 13.7. The lowest BCUT2D eigenvalue weighted by Crippen LogP contribution is -1.88. The van der Waals surface area contributed by atoms with E-state index in [0.717, 1.165) is 5.56 Å². The molecule has 0 aliphatic heterocycles. The third kappa shape index (κ3) is 3.31. The molecule has 2 rings (SSSR count). The molecule has 0 heterocycles. The van der Waals surface area contributed by atoms with Crippen LogP contribution in [0.2, 0.25) is 5.02 Å². The highest BCUT2D eigenvalue weighted by molar-refractivity contribution is 6.32. The van der Waals surface area contributed by atoms with Crippen LogP contribution in [0.1, 0.15) is 11.1 Å². The van der Waals surface area contributed by atoms with Crippen LogP contribution >= 0.6 is 11.6 Å². The van der Waals surface area contributed by atoms with E-state index in [-0.39, 0.29) is 5.82 Å². The molecule has 0 saturated heterocycles. The van der Waals surface area contributed by atoms with E-state index in [1.54, 1.807) is 44.6 Å². The summed E-state index contributed by atoms with van der Waals surface area (Å²) in [6.45, 7) is 0. The van der Waals surface area contributed by atoms with Gasteiger partial charge in [0.2, 0.25) is 0 Å². The molecule has 0 aliphatic rings. The quantitative estimate of drug-likeness (QED) is 0.763. The lowest BCUT2D eigenvalue weighted by atomic mass is 10.1. The maximum atomic E-state index is 13.7. The molecule has 0 aliphatic carbocycles. The highest BCUT2D eigenvalue weighted by atomic mass is 35.5.